The van der Waals surface area contributed by atoms with E-state index in [1.807, 2.05) is 44.2 Å². The highest BCUT2D eigenvalue weighted by Crippen LogP contribution is 2.36. The van der Waals surface area contributed by atoms with E-state index in [9.17, 15) is 4.79 Å². The fourth-order valence-corrected chi connectivity index (χ4v) is 2.79. The van der Waals surface area contributed by atoms with Crippen LogP contribution in [0.25, 0.3) is 0 Å². The standard InChI is InChI=1S/C19H22N2O3/c1-3-17-19(22)21(16-12-14(20)7-8-18(16)24-17)9-10-23-15-6-4-5-13(2)11-15/h4-8,11-12,17H,3,9-10,20H2,1-2H3. The van der Waals surface area contributed by atoms with Gasteiger partial charge in [-0.15, -0.1) is 0 Å². The average molecular weight is 326 g/mol. The molecule has 1 amide bonds. The molecule has 0 aromatic heterocycles. The summed E-state index contributed by atoms with van der Waals surface area (Å²) in [5, 5.41) is 0. The van der Waals surface area contributed by atoms with Gasteiger partial charge >= 0.3 is 0 Å². The average Bonchev–Trinajstić information content (AvgIpc) is 2.57. The van der Waals surface area contributed by atoms with Crippen molar-refractivity contribution in [3.63, 3.8) is 0 Å². The zero-order valence-electron chi connectivity index (χ0n) is 14.0. The monoisotopic (exact) mass is 326 g/mol. The Morgan fingerprint density at radius 1 is 1.25 bits per heavy atom. The van der Waals surface area contributed by atoms with Crippen LogP contribution in [0.2, 0.25) is 0 Å². The first-order valence-electron chi connectivity index (χ1n) is 8.15. The normalized spacial score (nSPS) is 16.5. The van der Waals surface area contributed by atoms with Crippen molar-refractivity contribution in [1.82, 2.24) is 0 Å². The van der Waals surface area contributed by atoms with Gasteiger partial charge in [0, 0.05) is 5.69 Å². The zero-order chi connectivity index (χ0) is 17.1. The number of nitrogens with two attached hydrogens (primary N) is 1. The second kappa shape index (κ2) is 6.83. The summed E-state index contributed by atoms with van der Waals surface area (Å²) < 4.78 is 11.6. The maximum Gasteiger partial charge on any atom is 0.268 e. The number of hydrogen-bond donors (Lipinski definition) is 1. The fraction of sp³-hybridized carbons (Fsp3) is 0.316. The number of benzene rings is 2. The molecule has 3 rings (SSSR count). The molecule has 5 nitrogen and oxygen atoms in total. The number of fused-ring (bicyclic) bond motifs is 1. The number of aryl methyl sites for hydroxylation is 1. The molecule has 1 unspecified atom stereocenters. The smallest absolute Gasteiger partial charge is 0.268 e. The number of carbonyl (C=O) groups excluding carboxylic acids is 1. The lowest BCUT2D eigenvalue weighted by molar-refractivity contribution is -0.126. The van der Waals surface area contributed by atoms with Crippen LogP contribution in [0.5, 0.6) is 11.5 Å². The molecule has 0 fully saturated rings. The molecule has 1 atom stereocenters. The van der Waals surface area contributed by atoms with E-state index in [-0.39, 0.29) is 5.91 Å². The summed E-state index contributed by atoms with van der Waals surface area (Å²) >= 11 is 0. The Morgan fingerprint density at radius 3 is 2.83 bits per heavy atom. The molecule has 2 aromatic rings. The SMILES string of the molecule is CCC1Oc2ccc(N)cc2N(CCOc2cccc(C)c2)C1=O. The highest BCUT2D eigenvalue weighted by atomic mass is 16.5. The predicted molar refractivity (Wildman–Crippen MR) is 94.6 cm³/mol. The van der Waals surface area contributed by atoms with Gasteiger partial charge in [-0.05, 0) is 49.2 Å². The quantitative estimate of drug-likeness (QED) is 0.857. The van der Waals surface area contributed by atoms with Crippen LogP contribution in [0, 0.1) is 6.92 Å². The molecular formula is C19H22N2O3. The van der Waals surface area contributed by atoms with Gasteiger partial charge < -0.3 is 20.1 Å². The zero-order valence-corrected chi connectivity index (χ0v) is 14.0. The lowest BCUT2D eigenvalue weighted by atomic mass is 10.1. The highest BCUT2D eigenvalue weighted by molar-refractivity contribution is 6.00. The van der Waals surface area contributed by atoms with E-state index in [0.717, 1.165) is 11.3 Å². The lowest BCUT2D eigenvalue weighted by Gasteiger charge is -2.34. The maximum atomic E-state index is 12.6. The molecule has 2 aromatic carbocycles. The molecule has 2 N–H and O–H groups in total. The van der Waals surface area contributed by atoms with Crippen molar-refractivity contribution in [3.8, 4) is 11.5 Å². The molecule has 5 heteroatoms. The number of anilines is 2. The van der Waals surface area contributed by atoms with Gasteiger partial charge in [0.1, 0.15) is 18.1 Å². The molecular weight excluding hydrogens is 304 g/mol. The summed E-state index contributed by atoms with van der Waals surface area (Å²) in [5.74, 6) is 1.44. The van der Waals surface area contributed by atoms with E-state index in [0.29, 0.717) is 36.7 Å². The number of nitrogen functional groups attached to an aromatic ring is 1. The molecule has 0 saturated heterocycles. The second-order valence-electron chi connectivity index (χ2n) is 5.90. The fourth-order valence-electron chi connectivity index (χ4n) is 2.79. The minimum Gasteiger partial charge on any atom is -0.492 e. The number of amides is 1. The van der Waals surface area contributed by atoms with Crippen LogP contribution in [0.3, 0.4) is 0 Å². The Morgan fingerprint density at radius 2 is 2.08 bits per heavy atom. The Hall–Kier alpha value is -2.69. The Bertz CT molecular complexity index is 745. The summed E-state index contributed by atoms with van der Waals surface area (Å²) in [7, 11) is 0. The van der Waals surface area contributed by atoms with Crippen LogP contribution in [0.4, 0.5) is 11.4 Å². The molecule has 0 spiro atoms. The van der Waals surface area contributed by atoms with Gasteiger partial charge in [0.15, 0.2) is 6.10 Å². The van der Waals surface area contributed by atoms with Crippen LogP contribution >= 0.6 is 0 Å². The molecule has 0 radical (unpaired) electrons. The molecule has 126 valence electrons. The van der Waals surface area contributed by atoms with Gasteiger partial charge in [-0.2, -0.15) is 0 Å². The van der Waals surface area contributed by atoms with Crippen molar-refractivity contribution in [2.45, 2.75) is 26.4 Å². The van der Waals surface area contributed by atoms with Gasteiger partial charge in [0.2, 0.25) is 0 Å². The third kappa shape index (κ3) is 3.30. The minimum atomic E-state index is -0.458. The largest absolute Gasteiger partial charge is 0.492 e. The lowest BCUT2D eigenvalue weighted by Crippen LogP contribution is -2.47. The topological polar surface area (TPSA) is 64.8 Å². The minimum absolute atomic E-state index is 0.0524. The first-order chi connectivity index (χ1) is 11.6. The van der Waals surface area contributed by atoms with E-state index >= 15 is 0 Å². The van der Waals surface area contributed by atoms with Gasteiger partial charge in [-0.3, -0.25) is 4.79 Å². The van der Waals surface area contributed by atoms with E-state index in [2.05, 4.69) is 0 Å². The van der Waals surface area contributed by atoms with Gasteiger partial charge in [-0.25, -0.2) is 0 Å². The number of rotatable bonds is 5. The van der Waals surface area contributed by atoms with Gasteiger partial charge in [0.05, 0.1) is 12.2 Å². The van der Waals surface area contributed by atoms with Crippen molar-refractivity contribution < 1.29 is 14.3 Å². The predicted octanol–water partition coefficient (Wildman–Crippen LogP) is 3.16. The summed E-state index contributed by atoms with van der Waals surface area (Å²) in [4.78, 5) is 14.3. The molecule has 0 aliphatic carbocycles. The number of ether oxygens (including phenoxy) is 2. The summed E-state index contributed by atoms with van der Waals surface area (Å²) in [6, 6.07) is 13.2. The van der Waals surface area contributed by atoms with E-state index in [4.69, 9.17) is 15.2 Å². The van der Waals surface area contributed by atoms with E-state index in [1.54, 1.807) is 17.0 Å². The molecule has 1 heterocycles. The Labute approximate surface area is 142 Å². The number of carbonyl (C=O) groups is 1. The third-order valence-electron chi connectivity index (χ3n) is 4.03. The summed E-state index contributed by atoms with van der Waals surface area (Å²) in [6.45, 7) is 4.80. The molecule has 1 aliphatic heterocycles. The van der Waals surface area contributed by atoms with Crippen molar-refractivity contribution in [2.24, 2.45) is 0 Å². The molecule has 1 aliphatic rings. The van der Waals surface area contributed by atoms with Crippen molar-refractivity contribution in [1.29, 1.82) is 0 Å². The highest BCUT2D eigenvalue weighted by Gasteiger charge is 2.33. The van der Waals surface area contributed by atoms with E-state index in [1.165, 1.54) is 0 Å². The first-order valence-corrected chi connectivity index (χ1v) is 8.15. The van der Waals surface area contributed by atoms with Crippen LogP contribution in [-0.4, -0.2) is 25.2 Å². The molecule has 0 saturated carbocycles. The number of nitrogens with zero attached hydrogens (tertiary/aromatic N) is 1. The number of hydrogen-bond acceptors (Lipinski definition) is 4. The van der Waals surface area contributed by atoms with Crippen LogP contribution in [0.15, 0.2) is 42.5 Å². The van der Waals surface area contributed by atoms with Crippen molar-refractivity contribution >= 4 is 17.3 Å². The first kappa shape index (κ1) is 16.2. The maximum absolute atomic E-state index is 12.6. The van der Waals surface area contributed by atoms with E-state index < -0.39 is 6.10 Å². The summed E-state index contributed by atoms with van der Waals surface area (Å²) in [5.41, 5.74) is 8.31. The van der Waals surface area contributed by atoms with Crippen LogP contribution in [0.1, 0.15) is 18.9 Å². The van der Waals surface area contributed by atoms with Gasteiger partial charge in [-0.1, -0.05) is 19.1 Å². The van der Waals surface area contributed by atoms with Crippen molar-refractivity contribution in [2.75, 3.05) is 23.8 Å². The Kier molecular flexibility index (Phi) is 4.60. The van der Waals surface area contributed by atoms with Crippen LogP contribution in [-0.2, 0) is 4.79 Å². The van der Waals surface area contributed by atoms with Crippen LogP contribution < -0.4 is 20.1 Å². The molecule has 0 bridgehead atoms. The van der Waals surface area contributed by atoms with Crippen molar-refractivity contribution in [3.05, 3.63) is 48.0 Å². The second-order valence-corrected chi connectivity index (χ2v) is 5.90. The Balaban J connectivity index is 1.75. The van der Waals surface area contributed by atoms with Gasteiger partial charge in [0.25, 0.3) is 5.91 Å². The summed E-state index contributed by atoms with van der Waals surface area (Å²) in [6.07, 6.45) is 0.165. The molecule has 24 heavy (non-hydrogen) atoms. The third-order valence-corrected chi connectivity index (χ3v) is 4.03.